The Morgan fingerprint density at radius 2 is 2.12 bits per heavy atom. The van der Waals surface area contributed by atoms with Crippen LogP contribution in [0.25, 0.3) is 0 Å². The summed E-state index contributed by atoms with van der Waals surface area (Å²) in [4.78, 5) is 12.3. The molecule has 25 heavy (non-hydrogen) atoms. The summed E-state index contributed by atoms with van der Waals surface area (Å²) in [6.07, 6.45) is -0.663. The molecule has 6 heteroatoms. The van der Waals surface area contributed by atoms with Crippen molar-refractivity contribution in [1.29, 1.82) is 0 Å². The molecule has 130 valence electrons. The standard InChI is InChI=1S/C19H18ClNO4/c1-11(2)10-24-17-14(20)8-12(9-16(17)23-3)19-21-18(22)13-6-4-5-7-15(13)25-19/h4-9,19H,1,10H2,2-3H3,(H,21,22)/t19-/m0/s1. The molecule has 1 amide bonds. The first-order valence-electron chi connectivity index (χ1n) is 7.70. The van der Waals surface area contributed by atoms with Crippen molar-refractivity contribution in [2.45, 2.75) is 13.2 Å². The summed E-state index contributed by atoms with van der Waals surface area (Å²) in [7, 11) is 1.53. The minimum atomic E-state index is -0.663. The maximum Gasteiger partial charge on any atom is 0.258 e. The van der Waals surface area contributed by atoms with E-state index < -0.39 is 6.23 Å². The Labute approximate surface area is 151 Å². The third-order valence-electron chi connectivity index (χ3n) is 3.66. The van der Waals surface area contributed by atoms with Crippen LogP contribution >= 0.6 is 11.6 Å². The predicted octanol–water partition coefficient (Wildman–Crippen LogP) is 4.12. The van der Waals surface area contributed by atoms with Crippen LogP contribution in [-0.4, -0.2) is 19.6 Å². The van der Waals surface area contributed by atoms with Crippen LogP contribution in [0.4, 0.5) is 0 Å². The molecule has 0 fully saturated rings. The fraction of sp³-hybridized carbons (Fsp3) is 0.211. The van der Waals surface area contributed by atoms with Gasteiger partial charge in [0.15, 0.2) is 17.7 Å². The predicted molar refractivity (Wildman–Crippen MR) is 95.6 cm³/mol. The Morgan fingerprint density at radius 1 is 1.36 bits per heavy atom. The Hall–Kier alpha value is -2.66. The summed E-state index contributed by atoms with van der Waals surface area (Å²) in [5.41, 5.74) is 2.02. The number of amides is 1. The van der Waals surface area contributed by atoms with Crippen molar-refractivity contribution in [2.24, 2.45) is 0 Å². The van der Waals surface area contributed by atoms with Gasteiger partial charge in [-0.2, -0.15) is 0 Å². The number of hydrogen-bond acceptors (Lipinski definition) is 4. The molecule has 0 radical (unpaired) electrons. The highest BCUT2D eigenvalue weighted by atomic mass is 35.5. The van der Waals surface area contributed by atoms with E-state index in [1.165, 1.54) is 7.11 Å². The number of carbonyl (C=O) groups is 1. The van der Waals surface area contributed by atoms with Crippen molar-refractivity contribution in [3.05, 3.63) is 64.7 Å². The third kappa shape index (κ3) is 3.56. The first-order valence-corrected chi connectivity index (χ1v) is 8.08. The molecule has 1 aliphatic rings. The van der Waals surface area contributed by atoms with Gasteiger partial charge in [-0.15, -0.1) is 0 Å². The summed E-state index contributed by atoms with van der Waals surface area (Å²) in [6.45, 7) is 5.99. The SMILES string of the molecule is C=C(C)COc1c(Cl)cc([C@H]2NC(=O)c3ccccc3O2)cc1OC. The van der Waals surface area contributed by atoms with Gasteiger partial charge in [-0.1, -0.05) is 30.3 Å². The van der Waals surface area contributed by atoms with E-state index in [1.807, 2.05) is 13.0 Å². The first kappa shape index (κ1) is 17.2. The van der Waals surface area contributed by atoms with Gasteiger partial charge in [0.2, 0.25) is 0 Å². The van der Waals surface area contributed by atoms with E-state index in [9.17, 15) is 4.79 Å². The smallest absolute Gasteiger partial charge is 0.258 e. The van der Waals surface area contributed by atoms with Crippen LogP contribution in [0.15, 0.2) is 48.6 Å². The number of para-hydroxylation sites is 1. The van der Waals surface area contributed by atoms with Crippen LogP contribution in [0.2, 0.25) is 5.02 Å². The van der Waals surface area contributed by atoms with Crippen molar-refractivity contribution in [3.63, 3.8) is 0 Å². The van der Waals surface area contributed by atoms with E-state index >= 15 is 0 Å². The van der Waals surface area contributed by atoms with Crippen LogP contribution in [0.1, 0.15) is 29.1 Å². The molecule has 0 bridgehead atoms. The van der Waals surface area contributed by atoms with Crippen LogP contribution < -0.4 is 19.5 Å². The molecule has 0 saturated heterocycles. The fourth-order valence-corrected chi connectivity index (χ4v) is 2.76. The van der Waals surface area contributed by atoms with E-state index in [-0.39, 0.29) is 5.91 Å². The van der Waals surface area contributed by atoms with E-state index in [2.05, 4.69) is 11.9 Å². The number of fused-ring (bicyclic) bond motifs is 1. The summed E-state index contributed by atoms with van der Waals surface area (Å²) in [5, 5.41) is 3.17. The van der Waals surface area contributed by atoms with Gasteiger partial charge < -0.3 is 19.5 Å². The number of rotatable bonds is 5. The van der Waals surface area contributed by atoms with Crippen LogP contribution in [-0.2, 0) is 0 Å². The van der Waals surface area contributed by atoms with Gasteiger partial charge in [0.05, 0.1) is 17.7 Å². The van der Waals surface area contributed by atoms with Crippen LogP contribution in [0.5, 0.6) is 17.2 Å². The number of hydrogen-bond donors (Lipinski definition) is 1. The number of carbonyl (C=O) groups excluding carboxylic acids is 1. The number of ether oxygens (including phenoxy) is 3. The van der Waals surface area contributed by atoms with Crippen LogP contribution in [0.3, 0.4) is 0 Å². The molecule has 1 N–H and O–H groups in total. The molecular weight excluding hydrogens is 342 g/mol. The number of benzene rings is 2. The van der Waals surface area contributed by atoms with E-state index in [4.69, 9.17) is 25.8 Å². The summed E-state index contributed by atoms with van der Waals surface area (Å²) < 4.78 is 16.9. The Morgan fingerprint density at radius 3 is 2.84 bits per heavy atom. The maximum absolute atomic E-state index is 12.3. The van der Waals surface area contributed by atoms with Gasteiger partial charge in [0, 0.05) is 5.56 Å². The number of methoxy groups -OCH3 is 1. The molecule has 0 unspecified atom stereocenters. The molecule has 1 atom stereocenters. The second-order valence-corrected chi connectivity index (χ2v) is 6.15. The van der Waals surface area contributed by atoms with Gasteiger partial charge >= 0.3 is 0 Å². The summed E-state index contributed by atoms with van der Waals surface area (Å²) in [6, 6.07) is 10.5. The van der Waals surface area contributed by atoms with E-state index in [0.717, 1.165) is 5.57 Å². The normalized spacial score (nSPS) is 15.6. The fourth-order valence-electron chi connectivity index (χ4n) is 2.49. The molecular formula is C19H18ClNO4. The lowest BCUT2D eigenvalue weighted by Gasteiger charge is -2.27. The zero-order chi connectivity index (χ0) is 18.0. The van der Waals surface area contributed by atoms with Crippen molar-refractivity contribution < 1.29 is 19.0 Å². The van der Waals surface area contributed by atoms with Crippen LogP contribution in [0, 0.1) is 0 Å². The Bertz CT molecular complexity index is 834. The molecule has 0 saturated carbocycles. The van der Waals surface area contributed by atoms with Crippen molar-refractivity contribution >= 4 is 17.5 Å². The summed E-state index contributed by atoms with van der Waals surface area (Å²) in [5.74, 6) is 1.21. The van der Waals surface area contributed by atoms with E-state index in [1.54, 1.807) is 30.3 Å². The zero-order valence-electron chi connectivity index (χ0n) is 14.0. The Kier molecular flexibility index (Phi) is 4.86. The van der Waals surface area contributed by atoms with Crippen molar-refractivity contribution in [3.8, 4) is 17.2 Å². The molecule has 0 aromatic heterocycles. The Balaban J connectivity index is 1.92. The van der Waals surface area contributed by atoms with Crippen molar-refractivity contribution in [1.82, 2.24) is 5.32 Å². The highest BCUT2D eigenvalue weighted by molar-refractivity contribution is 6.32. The van der Waals surface area contributed by atoms with Gasteiger partial charge in [0.1, 0.15) is 12.4 Å². The first-order chi connectivity index (χ1) is 12.0. The van der Waals surface area contributed by atoms with E-state index in [0.29, 0.717) is 40.0 Å². The van der Waals surface area contributed by atoms with Gasteiger partial charge in [-0.05, 0) is 36.8 Å². The number of halogens is 1. The lowest BCUT2D eigenvalue weighted by Crippen LogP contribution is -2.36. The number of nitrogens with one attached hydrogen (secondary N) is 1. The second-order valence-electron chi connectivity index (χ2n) is 5.75. The minimum Gasteiger partial charge on any atom is -0.493 e. The summed E-state index contributed by atoms with van der Waals surface area (Å²) >= 11 is 6.35. The lowest BCUT2D eigenvalue weighted by molar-refractivity contribution is 0.0755. The van der Waals surface area contributed by atoms with Gasteiger partial charge in [-0.25, -0.2) is 0 Å². The average Bonchev–Trinajstić information content (AvgIpc) is 2.59. The molecule has 0 aliphatic carbocycles. The van der Waals surface area contributed by atoms with Gasteiger partial charge in [-0.3, -0.25) is 4.79 Å². The maximum atomic E-state index is 12.3. The molecule has 0 spiro atoms. The molecule has 1 heterocycles. The molecule has 1 aliphatic heterocycles. The lowest BCUT2D eigenvalue weighted by atomic mass is 10.1. The highest BCUT2D eigenvalue weighted by Crippen LogP contribution is 2.39. The molecule has 3 rings (SSSR count). The topological polar surface area (TPSA) is 56.8 Å². The second kappa shape index (κ2) is 7.07. The molecule has 5 nitrogen and oxygen atoms in total. The largest absolute Gasteiger partial charge is 0.493 e. The van der Waals surface area contributed by atoms with Crippen molar-refractivity contribution in [2.75, 3.05) is 13.7 Å². The molecule has 2 aromatic carbocycles. The third-order valence-corrected chi connectivity index (χ3v) is 3.94. The highest BCUT2D eigenvalue weighted by Gasteiger charge is 2.27. The quantitative estimate of drug-likeness (QED) is 0.816. The average molecular weight is 360 g/mol. The van der Waals surface area contributed by atoms with Gasteiger partial charge in [0.25, 0.3) is 5.91 Å². The minimum absolute atomic E-state index is 0.204. The molecule has 2 aromatic rings. The monoisotopic (exact) mass is 359 g/mol. The zero-order valence-corrected chi connectivity index (χ0v) is 14.7.